The van der Waals surface area contributed by atoms with Gasteiger partial charge in [0.05, 0.1) is 0 Å². The molecule has 0 radical (unpaired) electrons. The summed E-state index contributed by atoms with van der Waals surface area (Å²) in [5.74, 6) is 1.76. The molecule has 0 amide bonds. The van der Waals surface area contributed by atoms with Crippen LogP contribution in [0.4, 0.5) is 0 Å². The van der Waals surface area contributed by atoms with Gasteiger partial charge in [-0.15, -0.1) is 10.2 Å². The first kappa shape index (κ1) is 14.8. The maximum Gasteiger partial charge on any atom is 0.256 e. The highest BCUT2D eigenvalue weighted by molar-refractivity contribution is 6.30. The minimum absolute atomic E-state index is 0.311. The lowest BCUT2D eigenvalue weighted by Gasteiger charge is -2.10. The molecule has 1 atom stereocenters. The zero-order chi connectivity index (χ0) is 14.4. The second kappa shape index (κ2) is 7.26. The van der Waals surface area contributed by atoms with E-state index in [9.17, 15) is 0 Å². The Morgan fingerprint density at radius 1 is 1.40 bits per heavy atom. The van der Waals surface area contributed by atoms with Gasteiger partial charge in [0, 0.05) is 18.0 Å². The average molecular weight is 296 g/mol. The van der Waals surface area contributed by atoms with Gasteiger partial charge in [-0.05, 0) is 31.7 Å². The Balaban J connectivity index is 1.93. The summed E-state index contributed by atoms with van der Waals surface area (Å²) in [6.07, 6.45) is 0.402. The number of hydrogen-bond acceptors (Lipinski definition) is 5. The van der Waals surface area contributed by atoms with E-state index in [1.807, 2.05) is 19.1 Å². The second-order valence-electron chi connectivity index (χ2n) is 4.36. The average Bonchev–Trinajstić information content (AvgIpc) is 2.88. The van der Waals surface area contributed by atoms with Crippen molar-refractivity contribution >= 4 is 11.6 Å². The predicted octanol–water partition coefficient (Wildman–Crippen LogP) is 3.02. The van der Waals surface area contributed by atoms with E-state index in [1.54, 1.807) is 12.1 Å². The molecule has 5 nitrogen and oxygen atoms in total. The van der Waals surface area contributed by atoms with Crippen molar-refractivity contribution in [3.63, 3.8) is 0 Å². The van der Waals surface area contributed by atoms with Gasteiger partial charge in [-0.2, -0.15) is 0 Å². The molecule has 1 aromatic heterocycles. The van der Waals surface area contributed by atoms with Crippen LogP contribution in [-0.4, -0.2) is 23.3 Å². The highest BCUT2D eigenvalue weighted by Crippen LogP contribution is 2.23. The number of hydrogen-bond donors (Lipinski definition) is 1. The number of ether oxygens (including phenoxy) is 1. The van der Waals surface area contributed by atoms with Crippen LogP contribution in [0.1, 0.15) is 31.7 Å². The van der Waals surface area contributed by atoms with Crippen LogP contribution in [0, 0.1) is 0 Å². The van der Waals surface area contributed by atoms with Gasteiger partial charge < -0.3 is 14.5 Å². The Labute approximate surface area is 123 Å². The summed E-state index contributed by atoms with van der Waals surface area (Å²) in [5.41, 5.74) is 0. The molecule has 0 aliphatic heterocycles. The number of nitrogens with zero attached hydrogens (tertiary/aromatic N) is 2. The molecule has 1 unspecified atom stereocenters. The Morgan fingerprint density at radius 3 is 3.00 bits per heavy atom. The monoisotopic (exact) mass is 295 g/mol. The summed E-state index contributed by atoms with van der Waals surface area (Å²) in [6, 6.07) is 7.22. The quantitative estimate of drug-likeness (QED) is 0.796. The van der Waals surface area contributed by atoms with Crippen LogP contribution < -0.4 is 10.1 Å². The third-order valence-electron chi connectivity index (χ3n) is 2.70. The fourth-order valence-corrected chi connectivity index (χ4v) is 1.88. The van der Waals surface area contributed by atoms with Gasteiger partial charge >= 0.3 is 0 Å². The summed E-state index contributed by atoms with van der Waals surface area (Å²) in [5, 5.41) is 11.9. The van der Waals surface area contributed by atoms with Crippen molar-refractivity contribution in [1.29, 1.82) is 0 Å². The summed E-state index contributed by atoms with van der Waals surface area (Å²) in [6.45, 7) is 5.67. The normalized spacial score (nSPS) is 12.3. The van der Waals surface area contributed by atoms with E-state index in [0.29, 0.717) is 29.0 Å². The van der Waals surface area contributed by atoms with E-state index in [0.717, 1.165) is 13.1 Å². The van der Waals surface area contributed by atoms with Gasteiger partial charge in [0.2, 0.25) is 5.89 Å². The van der Waals surface area contributed by atoms with Crippen molar-refractivity contribution in [3.8, 4) is 5.75 Å². The first-order chi connectivity index (χ1) is 9.69. The van der Waals surface area contributed by atoms with Crippen molar-refractivity contribution in [2.75, 3.05) is 13.1 Å². The van der Waals surface area contributed by atoms with Crippen molar-refractivity contribution in [2.24, 2.45) is 0 Å². The fourth-order valence-electron chi connectivity index (χ4n) is 1.70. The van der Waals surface area contributed by atoms with Crippen LogP contribution in [0.2, 0.25) is 5.02 Å². The number of aromatic nitrogens is 2. The molecule has 2 rings (SSSR count). The third-order valence-corrected chi connectivity index (χ3v) is 2.94. The minimum atomic E-state index is -0.311. The molecule has 0 bridgehead atoms. The smallest absolute Gasteiger partial charge is 0.256 e. The Hall–Kier alpha value is -1.59. The molecular formula is C14H18ClN3O2. The maximum atomic E-state index is 5.91. The van der Waals surface area contributed by atoms with Gasteiger partial charge in [0.25, 0.3) is 5.89 Å². The van der Waals surface area contributed by atoms with E-state index >= 15 is 0 Å². The standard InChI is InChI=1S/C14H18ClN3O2/c1-3-16-8-7-13-17-18-14(20-13)10(2)19-12-6-4-5-11(15)9-12/h4-6,9-10,16H,3,7-8H2,1-2H3. The summed E-state index contributed by atoms with van der Waals surface area (Å²) >= 11 is 5.91. The number of rotatable bonds is 7. The molecule has 2 aromatic rings. The SMILES string of the molecule is CCNCCc1nnc(C(C)Oc2cccc(Cl)c2)o1. The predicted molar refractivity (Wildman–Crippen MR) is 77.0 cm³/mol. The highest BCUT2D eigenvalue weighted by atomic mass is 35.5. The van der Waals surface area contributed by atoms with Gasteiger partial charge in [0.1, 0.15) is 5.75 Å². The molecule has 6 heteroatoms. The number of nitrogens with one attached hydrogen (secondary N) is 1. The number of benzene rings is 1. The van der Waals surface area contributed by atoms with Crippen molar-refractivity contribution < 1.29 is 9.15 Å². The number of likely N-dealkylation sites (N-methyl/N-ethyl adjacent to an activating group) is 1. The topological polar surface area (TPSA) is 60.2 Å². The van der Waals surface area contributed by atoms with E-state index in [1.165, 1.54) is 0 Å². The number of halogens is 1. The molecule has 20 heavy (non-hydrogen) atoms. The van der Waals surface area contributed by atoms with Crippen LogP contribution in [0.5, 0.6) is 5.75 Å². The van der Waals surface area contributed by atoms with Gasteiger partial charge in [-0.25, -0.2) is 0 Å². The van der Waals surface area contributed by atoms with E-state index in [2.05, 4.69) is 22.4 Å². The minimum Gasteiger partial charge on any atom is -0.481 e. The van der Waals surface area contributed by atoms with Crippen molar-refractivity contribution in [3.05, 3.63) is 41.1 Å². The lowest BCUT2D eigenvalue weighted by atomic mass is 10.3. The molecule has 1 heterocycles. The van der Waals surface area contributed by atoms with Crippen molar-refractivity contribution in [2.45, 2.75) is 26.4 Å². The third kappa shape index (κ3) is 4.21. The Kier molecular flexibility index (Phi) is 5.38. The lowest BCUT2D eigenvalue weighted by Crippen LogP contribution is -2.16. The molecule has 108 valence electrons. The van der Waals surface area contributed by atoms with Crippen LogP contribution >= 0.6 is 11.6 Å². The van der Waals surface area contributed by atoms with E-state index in [4.69, 9.17) is 20.8 Å². The highest BCUT2D eigenvalue weighted by Gasteiger charge is 2.15. The molecule has 0 aliphatic rings. The van der Waals surface area contributed by atoms with Crippen molar-refractivity contribution in [1.82, 2.24) is 15.5 Å². The first-order valence-electron chi connectivity index (χ1n) is 6.64. The second-order valence-corrected chi connectivity index (χ2v) is 4.79. The van der Waals surface area contributed by atoms with Gasteiger partial charge in [-0.1, -0.05) is 24.6 Å². The summed E-state index contributed by atoms with van der Waals surface area (Å²) < 4.78 is 11.3. The molecule has 0 saturated heterocycles. The molecule has 0 spiro atoms. The Morgan fingerprint density at radius 2 is 2.25 bits per heavy atom. The fraction of sp³-hybridized carbons (Fsp3) is 0.429. The van der Waals surface area contributed by atoms with E-state index < -0.39 is 0 Å². The van der Waals surface area contributed by atoms with Crippen LogP contribution in [0.25, 0.3) is 0 Å². The van der Waals surface area contributed by atoms with Gasteiger partial charge in [-0.3, -0.25) is 0 Å². The maximum absolute atomic E-state index is 5.91. The molecule has 1 N–H and O–H groups in total. The zero-order valence-electron chi connectivity index (χ0n) is 11.6. The largest absolute Gasteiger partial charge is 0.481 e. The van der Waals surface area contributed by atoms with Gasteiger partial charge in [0.15, 0.2) is 6.10 Å². The molecular weight excluding hydrogens is 278 g/mol. The van der Waals surface area contributed by atoms with Crippen LogP contribution in [0.15, 0.2) is 28.7 Å². The summed E-state index contributed by atoms with van der Waals surface area (Å²) in [7, 11) is 0. The Bertz CT molecular complexity index is 545. The molecule has 0 saturated carbocycles. The van der Waals surface area contributed by atoms with Crippen LogP contribution in [0.3, 0.4) is 0 Å². The summed E-state index contributed by atoms with van der Waals surface area (Å²) in [4.78, 5) is 0. The first-order valence-corrected chi connectivity index (χ1v) is 7.02. The molecule has 1 aromatic carbocycles. The van der Waals surface area contributed by atoms with E-state index in [-0.39, 0.29) is 6.10 Å². The molecule has 0 fully saturated rings. The van der Waals surface area contributed by atoms with Crippen LogP contribution in [-0.2, 0) is 6.42 Å². The zero-order valence-corrected chi connectivity index (χ0v) is 12.4. The lowest BCUT2D eigenvalue weighted by molar-refractivity contribution is 0.186. The molecule has 0 aliphatic carbocycles.